The highest BCUT2D eigenvalue weighted by Crippen LogP contribution is 2.36. The summed E-state index contributed by atoms with van der Waals surface area (Å²) in [5, 5.41) is 11.7. The lowest BCUT2D eigenvalue weighted by molar-refractivity contribution is -0.123. The Kier molecular flexibility index (Phi) is 6.81. The van der Waals surface area contributed by atoms with Crippen LogP contribution in [0.3, 0.4) is 0 Å². The molecular weight excluding hydrogens is 444 g/mol. The monoisotopic (exact) mass is 460 g/mol. The van der Waals surface area contributed by atoms with Crippen molar-refractivity contribution in [3.8, 4) is 11.5 Å². The lowest BCUT2D eigenvalue weighted by Crippen LogP contribution is -2.44. The van der Waals surface area contributed by atoms with Crippen molar-refractivity contribution in [2.75, 3.05) is 7.11 Å². The SMILES string of the molecule is C=CCc1cc(/C=C2\SC(=S)N(NC(=O)c3ccc(Cl)cc3)C2=O)cc(OC)c1O. The Morgan fingerprint density at radius 2 is 2.07 bits per heavy atom. The van der Waals surface area contributed by atoms with Gasteiger partial charge < -0.3 is 9.84 Å². The molecule has 9 heteroatoms. The molecule has 2 aromatic rings. The first-order valence-electron chi connectivity index (χ1n) is 8.69. The number of ether oxygens (including phenoxy) is 1. The predicted molar refractivity (Wildman–Crippen MR) is 122 cm³/mol. The minimum absolute atomic E-state index is 0.0253. The minimum Gasteiger partial charge on any atom is -0.504 e. The number of phenols is 1. The second-order valence-electron chi connectivity index (χ2n) is 6.19. The zero-order chi connectivity index (χ0) is 21.8. The summed E-state index contributed by atoms with van der Waals surface area (Å²) in [6.07, 6.45) is 3.72. The predicted octanol–water partition coefficient (Wildman–Crippen LogP) is 4.33. The summed E-state index contributed by atoms with van der Waals surface area (Å²) in [6, 6.07) is 9.61. The third kappa shape index (κ3) is 4.67. The molecule has 6 nitrogen and oxygen atoms in total. The van der Waals surface area contributed by atoms with Gasteiger partial charge in [0.05, 0.1) is 12.0 Å². The zero-order valence-electron chi connectivity index (χ0n) is 15.8. The van der Waals surface area contributed by atoms with Crippen LogP contribution in [-0.2, 0) is 11.2 Å². The number of aromatic hydroxyl groups is 1. The van der Waals surface area contributed by atoms with Crippen molar-refractivity contribution in [1.82, 2.24) is 10.4 Å². The van der Waals surface area contributed by atoms with Crippen molar-refractivity contribution in [2.45, 2.75) is 6.42 Å². The number of methoxy groups -OCH3 is 1. The third-order valence-electron chi connectivity index (χ3n) is 4.17. The number of hydrogen-bond acceptors (Lipinski definition) is 6. The van der Waals surface area contributed by atoms with Crippen molar-refractivity contribution < 1.29 is 19.4 Å². The first-order valence-corrected chi connectivity index (χ1v) is 10.3. The van der Waals surface area contributed by atoms with Crippen LogP contribution in [0.1, 0.15) is 21.5 Å². The molecule has 0 atom stereocenters. The molecule has 0 radical (unpaired) electrons. The molecule has 2 amide bonds. The van der Waals surface area contributed by atoms with E-state index in [0.717, 1.165) is 16.8 Å². The van der Waals surface area contributed by atoms with Crippen molar-refractivity contribution >= 4 is 57.8 Å². The summed E-state index contributed by atoms with van der Waals surface area (Å²) in [5.74, 6) is -0.627. The van der Waals surface area contributed by atoms with Gasteiger partial charge in [0.1, 0.15) is 0 Å². The van der Waals surface area contributed by atoms with Gasteiger partial charge in [-0.3, -0.25) is 15.0 Å². The molecule has 1 aliphatic rings. The summed E-state index contributed by atoms with van der Waals surface area (Å²) in [5.41, 5.74) is 4.11. The molecule has 154 valence electrons. The van der Waals surface area contributed by atoms with E-state index in [4.69, 9.17) is 28.6 Å². The van der Waals surface area contributed by atoms with Crippen LogP contribution in [0.5, 0.6) is 11.5 Å². The number of thioether (sulfide) groups is 1. The van der Waals surface area contributed by atoms with Gasteiger partial charge in [-0.2, -0.15) is 5.01 Å². The lowest BCUT2D eigenvalue weighted by Gasteiger charge is -2.15. The van der Waals surface area contributed by atoms with Gasteiger partial charge in [0.25, 0.3) is 11.8 Å². The van der Waals surface area contributed by atoms with Crippen LogP contribution < -0.4 is 10.2 Å². The number of phenolic OH excluding ortho intramolecular Hbond substituents is 1. The van der Waals surface area contributed by atoms with Crippen molar-refractivity contribution in [2.24, 2.45) is 0 Å². The zero-order valence-corrected chi connectivity index (χ0v) is 18.2. The van der Waals surface area contributed by atoms with Gasteiger partial charge in [0.15, 0.2) is 15.8 Å². The van der Waals surface area contributed by atoms with E-state index in [9.17, 15) is 14.7 Å². The van der Waals surface area contributed by atoms with E-state index >= 15 is 0 Å². The maximum absolute atomic E-state index is 12.8. The number of carbonyl (C=O) groups is 2. The average Bonchev–Trinajstić information content (AvgIpc) is 2.98. The number of hydrogen-bond donors (Lipinski definition) is 2. The number of benzene rings is 2. The fourth-order valence-electron chi connectivity index (χ4n) is 2.72. The molecule has 2 aromatic carbocycles. The highest BCUT2D eigenvalue weighted by molar-refractivity contribution is 8.26. The Hall–Kier alpha value is -2.81. The molecule has 0 saturated carbocycles. The van der Waals surface area contributed by atoms with Crippen molar-refractivity contribution in [1.29, 1.82) is 0 Å². The quantitative estimate of drug-likeness (QED) is 0.379. The molecule has 30 heavy (non-hydrogen) atoms. The minimum atomic E-state index is -0.483. The number of nitrogens with one attached hydrogen (secondary N) is 1. The highest BCUT2D eigenvalue weighted by atomic mass is 35.5. The highest BCUT2D eigenvalue weighted by Gasteiger charge is 2.34. The van der Waals surface area contributed by atoms with Crippen molar-refractivity contribution in [3.05, 3.63) is 75.7 Å². The Labute approximate surface area is 188 Å². The van der Waals surface area contributed by atoms with Crippen LogP contribution in [-0.4, -0.2) is 33.4 Å². The molecule has 2 N–H and O–H groups in total. The topological polar surface area (TPSA) is 78.9 Å². The van der Waals surface area contributed by atoms with Gasteiger partial charge >= 0.3 is 0 Å². The van der Waals surface area contributed by atoms with Crippen LogP contribution in [0.25, 0.3) is 6.08 Å². The second kappa shape index (κ2) is 9.34. The van der Waals surface area contributed by atoms with E-state index in [1.807, 2.05) is 0 Å². The van der Waals surface area contributed by atoms with Crippen LogP contribution in [0.15, 0.2) is 54.0 Å². The molecule has 0 unspecified atom stereocenters. The molecular formula is C21H17ClN2O4S2. The molecule has 1 heterocycles. The Bertz CT molecular complexity index is 1070. The Morgan fingerprint density at radius 1 is 1.37 bits per heavy atom. The van der Waals surface area contributed by atoms with Gasteiger partial charge in [0, 0.05) is 16.1 Å². The molecule has 1 aliphatic heterocycles. The van der Waals surface area contributed by atoms with Gasteiger partial charge in [0.2, 0.25) is 0 Å². The Morgan fingerprint density at radius 3 is 2.70 bits per heavy atom. The average molecular weight is 461 g/mol. The van der Waals surface area contributed by atoms with Crippen LogP contribution in [0.2, 0.25) is 5.02 Å². The van der Waals surface area contributed by atoms with Gasteiger partial charge in [-0.1, -0.05) is 29.4 Å². The van der Waals surface area contributed by atoms with Crippen LogP contribution in [0, 0.1) is 0 Å². The van der Waals surface area contributed by atoms with Gasteiger partial charge in [-0.15, -0.1) is 6.58 Å². The summed E-state index contributed by atoms with van der Waals surface area (Å²) in [7, 11) is 1.45. The number of thiocarbonyl (C=S) groups is 1. The van der Waals surface area contributed by atoms with E-state index in [0.29, 0.717) is 33.0 Å². The van der Waals surface area contributed by atoms with Crippen LogP contribution in [0.4, 0.5) is 0 Å². The number of halogens is 1. The number of nitrogens with zero attached hydrogens (tertiary/aromatic N) is 1. The summed E-state index contributed by atoms with van der Waals surface area (Å²) >= 11 is 12.1. The largest absolute Gasteiger partial charge is 0.504 e. The van der Waals surface area contributed by atoms with E-state index in [2.05, 4.69) is 12.0 Å². The molecule has 0 bridgehead atoms. The molecule has 3 rings (SSSR count). The standard InChI is InChI=1S/C21H17ClN2O4S2/c1-3-4-14-9-12(10-16(28-2)18(14)25)11-17-20(27)24(21(29)30-17)23-19(26)13-5-7-15(22)8-6-13/h3,5-11,25H,1,4H2,2H3,(H,23,26)/b17-11-. The van der Waals surface area contributed by atoms with E-state index in [1.165, 1.54) is 7.11 Å². The number of hydrazine groups is 1. The van der Waals surface area contributed by atoms with E-state index < -0.39 is 11.8 Å². The lowest BCUT2D eigenvalue weighted by atomic mass is 10.1. The van der Waals surface area contributed by atoms with E-state index in [1.54, 1.807) is 48.6 Å². The fourth-order valence-corrected chi connectivity index (χ4v) is 4.03. The number of allylic oxidation sites excluding steroid dienone is 1. The smallest absolute Gasteiger partial charge is 0.285 e. The first kappa shape index (κ1) is 21.9. The number of carbonyl (C=O) groups excluding carboxylic acids is 2. The molecule has 0 aliphatic carbocycles. The van der Waals surface area contributed by atoms with Crippen LogP contribution >= 0.6 is 35.6 Å². The molecule has 0 aromatic heterocycles. The normalized spacial score (nSPS) is 14.9. The Balaban J connectivity index is 1.84. The molecule has 1 fully saturated rings. The van der Waals surface area contributed by atoms with E-state index in [-0.39, 0.29) is 15.8 Å². The summed E-state index contributed by atoms with van der Waals surface area (Å²) in [4.78, 5) is 25.5. The third-order valence-corrected chi connectivity index (χ3v) is 5.73. The number of amides is 2. The van der Waals surface area contributed by atoms with Crippen molar-refractivity contribution in [3.63, 3.8) is 0 Å². The van der Waals surface area contributed by atoms with Gasteiger partial charge in [-0.05, 0) is 66.7 Å². The maximum atomic E-state index is 12.8. The summed E-state index contributed by atoms with van der Waals surface area (Å²) < 4.78 is 5.41. The first-order chi connectivity index (χ1) is 14.3. The summed E-state index contributed by atoms with van der Waals surface area (Å²) in [6.45, 7) is 3.68. The maximum Gasteiger partial charge on any atom is 0.285 e. The second-order valence-corrected chi connectivity index (χ2v) is 8.30. The molecule has 1 saturated heterocycles. The molecule has 0 spiro atoms. The fraction of sp³-hybridized carbons (Fsp3) is 0.0952. The van der Waals surface area contributed by atoms with Gasteiger partial charge in [-0.25, -0.2) is 0 Å². The number of rotatable bonds is 6.